The van der Waals surface area contributed by atoms with E-state index in [1.807, 2.05) is 42.5 Å². The van der Waals surface area contributed by atoms with Crippen molar-refractivity contribution < 1.29 is 4.79 Å². The van der Waals surface area contributed by atoms with Gasteiger partial charge in [0.2, 0.25) is 0 Å². The van der Waals surface area contributed by atoms with Crippen LogP contribution in [0.2, 0.25) is 0 Å². The fraction of sp³-hybridized carbons (Fsp3) is 0.0667. The predicted octanol–water partition coefficient (Wildman–Crippen LogP) is 2.49. The average molecular weight is 253 g/mol. The third-order valence-corrected chi connectivity index (χ3v) is 2.58. The first-order valence-electron chi connectivity index (χ1n) is 5.96. The number of amides is 1. The van der Waals surface area contributed by atoms with Gasteiger partial charge in [-0.3, -0.25) is 10.2 Å². The molecule has 0 saturated carbocycles. The summed E-state index contributed by atoms with van der Waals surface area (Å²) in [6, 6.07) is 16.9. The van der Waals surface area contributed by atoms with E-state index in [2.05, 4.69) is 15.8 Å². The molecule has 0 saturated heterocycles. The van der Waals surface area contributed by atoms with Crippen molar-refractivity contribution in [2.45, 2.75) is 0 Å². The summed E-state index contributed by atoms with van der Waals surface area (Å²) in [5.74, 6) is -0.0918. The molecule has 0 aliphatic rings. The molecule has 96 valence electrons. The number of para-hydroxylation sites is 1. The molecule has 0 aromatic heterocycles. The van der Waals surface area contributed by atoms with Crippen LogP contribution >= 0.6 is 0 Å². The maximum atomic E-state index is 11.4. The quantitative estimate of drug-likeness (QED) is 0.649. The molecular weight excluding hydrogens is 238 g/mol. The first kappa shape index (κ1) is 12.8. The second kappa shape index (κ2) is 6.35. The molecular formula is C15H15N3O. The fourth-order valence-electron chi connectivity index (χ4n) is 1.56. The van der Waals surface area contributed by atoms with Crippen LogP contribution in [0, 0.1) is 0 Å². The number of anilines is 1. The number of hydrazone groups is 1. The molecule has 0 radical (unpaired) electrons. The van der Waals surface area contributed by atoms with Crippen molar-refractivity contribution in [1.29, 1.82) is 0 Å². The number of rotatable bonds is 4. The van der Waals surface area contributed by atoms with Crippen LogP contribution in [0.3, 0.4) is 0 Å². The highest BCUT2D eigenvalue weighted by atomic mass is 16.1. The summed E-state index contributed by atoms with van der Waals surface area (Å²) in [6.45, 7) is 0. The Bertz CT molecular complexity index is 562. The lowest BCUT2D eigenvalue weighted by molar-refractivity contribution is 0.0963. The highest BCUT2D eigenvalue weighted by Gasteiger charge is 2.00. The van der Waals surface area contributed by atoms with Crippen molar-refractivity contribution in [3.8, 4) is 0 Å². The molecule has 4 nitrogen and oxygen atoms in total. The fourth-order valence-corrected chi connectivity index (χ4v) is 1.56. The minimum absolute atomic E-state index is 0.0918. The summed E-state index contributed by atoms with van der Waals surface area (Å²) in [6.07, 6.45) is 1.71. The molecule has 19 heavy (non-hydrogen) atoms. The lowest BCUT2D eigenvalue weighted by Crippen LogP contribution is -2.17. The molecule has 0 spiro atoms. The summed E-state index contributed by atoms with van der Waals surface area (Å²) in [5, 5.41) is 6.71. The van der Waals surface area contributed by atoms with Crippen LogP contribution in [0.4, 0.5) is 5.69 Å². The Morgan fingerprint density at radius 3 is 2.37 bits per heavy atom. The van der Waals surface area contributed by atoms with Crippen molar-refractivity contribution in [2.24, 2.45) is 5.10 Å². The minimum Gasteiger partial charge on any atom is -0.355 e. The number of hydrogen-bond donors (Lipinski definition) is 2. The maximum Gasteiger partial charge on any atom is 0.251 e. The van der Waals surface area contributed by atoms with Crippen molar-refractivity contribution >= 4 is 17.8 Å². The van der Waals surface area contributed by atoms with Gasteiger partial charge in [-0.15, -0.1) is 0 Å². The lowest BCUT2D eigenvalue weighted by Gasteiger charge is -2.00. The van der Waals surface area contributed by atoms with Gasteiger partial charge in [0.25, 0.3) is 5.91 Å². The van der Waals surface area contributed by atoms with Gasteiger partial charge in [0.15, 0.2) is 0 Å². The van der Waals surface area contributed by atoms with E-state index >= 15 is 0 Å². The van der Waals surface area contributed by atoms with Crippen LogP contribution in [-0.4, -0.2) is 19.2 Å². The van der Waals surface area contributed by atoms with Gasteiger partial charge in [0, 0.05) is 12.6 Å². The first-order valence-corrected chi connectivity index (χ1v) is 5.96. The number of hydrogen-bond acceptors (Lipinski definition) is 3. The largest absolute Gasteiger partial charge is 0.355 e. The Hall–Kier alpha value is -2.62. The highest BCUT2D eigenvalue weighted by Crippen LogP contribution is 2.05. The number of carbonyl (C=O) groups is 1. The van der Waals surface area contributed by atoms with Crippen LogP contribution in [0.5, 0.6) is 0 Å². The first-order chi connectivity index (χ1) is 9.29. The van der Waals surface area contributed by atoms with E-state index in [0.717, 1.165) is 11.3 Å². The molecule has 0 aliphatic heterocycles. The summed E-state index contributed by atoms with van der Waals surface area (Å²) in [5.41, 5.74) is 5.42. The molecule has 2 aromatic carbocycles. The zero-order chi connectivity index (χ0) is 13.5. The van der Waals surface area contributed by atoms with E-state index in [9.17, 15) is 4.79 Å². The standard InChI is InChI=1S/C15H15N3O/c1-16-15(19)13-9-7-12(8-10-13)11-17-18-14-5-3-2-4-6-14/h2-11,18H,1H3,(H,16,19). The molecule has 4 heteroatoms. The van der Waals surface area contributed by atoms with E-state index in [1.54, 1.807) is 25.4 Å². The zero-order valence-electron chi connectivity index (χ0n) is 10.6. The molecule has 0 heterocycles. The minimum atomic E-state index is -0.0918. The van der Waals surface area contributed by atoms with Crippen LogP contribution in [0.1, 0.15) is 15.9 Å². The topological polar surface area (TPSA) is 53.5 Å². The van der Waals surface area contributed by atoms with Crippen molar-refractivity contribution in [2.75, 3.05) is 12.5 Å². The van der Waals surface area contributed by atoms with E-state index in [4.69, 9.17) is 0 Å². The van der Waals surface area contributed by atoms with Gasteiger partial charge in [-0.1, -0.05) is 30.3 Å². The summed E-state index contributed by atoms with van der Waals surface area (Å²) in [7, 11) is 1.61. The van der Waals surface area contributed by atoms with Crippen LogP contribution in [-0.2, 0) is 0 Å². The Kier molecular flexibility index (Phi) is 4.29. The molecule has 2 rings (SSSR count). The molecule has 2 aromatic rings. The van der Waals surface area contributed by atoms with Crippen molar-refractivity contribution in [1.82, 2.24) is 5.32 Å². The monoisotopic (exact) mass is 253 g/mol. The van der Waals surface area contributed by atoms with Gasteiger partial charge in [-0.25, -0.2) is 0 Å². The molecule has 0 aliphatic carbocycles. The van der Waals surface area contributed by atoms with Crippen LogP contribution in [0.15, 0.2) is 59.7 Å². The van der Waals surface area contributed by atoms with E-state index in [1.165, 1.54) is 0 Å². The highest BCUT2D eigenvalue weighted by molar-refractivity contribution is 5.94. The summed E-state index contributed by atoms with van der Waals surface area (Å²) in [4.78, 5) is 11.4. The second-order valence-electron chi connectivity index (χ2n) is 3.94. The number of nitrogens with zero attached hydrogens (tertiary/aromatic N) is 1. The van der Waals surface area contributed by atoms with E-state index in [0.29, 0.717) is 5.56 Å². The van der Waals surface area contributed by atoms with Gasteiger partial charge in [-0.2, -0.15) is 5.10 Å². The zero-order valence-corrected chi connectivity index (χ0v) is 10.6. The van der Waals surface area contributed by atoms with Gasteiger partial charge < -0.3 is 5.32 Å². The lowest BCUT2D eigenvalue weighted by atomic mass is 10.1. The SMILES string of the molecule is CNC(=O)c1ccc(C=NNc2ccccc2)cc1. The van der Waals surface area contributed by atoms with E-state index in [-0.39, 0.29) is 5.91 Å². The molecule has 0 atom stereocenters. The molecule has 0 unspecified atom stereocenters. The Balaban J connectivity index is 1.98. The van der Waals surface area contributed by atoms with Crippen molar-refractivity contribution in [3.63, 3.8) is 0 Å². The predicted molar refractivity (Wildman–Crippen MR) is 77.5 cm³/mol. The Morgan fingerprint density at radius 2 is 1.74 bits per heavy atom. The summed E-state index contributed by atoms with van der Waals surface area (Å²) < 4.78 is 0. The number of carbonyl (C=O) groups excluding carboxylic acids is 1. The Morgan fingerprint density at radius 1 is 1.05 bits per heavy atom. The number of nitrogens with one attached hydrogen (secondary N) is 2. The normalized spacial score (nSPS) is 10.4. The molecule has 0 bridgehead atoms. The summed E-state index contributed by atoms with van der Waals surface area (Å²) >= 11 is 0. The smallest absolute Gasteiger partial charge is 0.251 e. The molecule has 1 amide bonds. The molecule has 2 N–H and O–H groups in total. The van der Waals surface area contributed by atoms with Gasteiger partial charge >= 0.3 is 0 Å². The van der Waals surface area contributed by atoms with Gasteiger partial charge in [0.05, 0.1) is 11.9 Å². The third kappa shape index (κ3) is 3.67. The third-order valence-electron chi connectivity index (χ3n) is 2.58. The van der Waals surface area contributed by atoms with Crippen LogP contribution in [0.25, 0.3) is 0 Å². The molecule has 0 fully saturated rings. The Labute approximate surface area is 112 Å². The van der Waals surface area contributed by atoms with Gasteiger partial charge in [-0.05, 0) is 29.8 Å². The number of benzene rings is 2. The van der Waals surface area contributed by atoms with Crippen molar-refractivity contribution in [3.05, 3.63) is 65.7 Å². The average Bonchev–Trinajstić information content (AvgIpc) is 2.48. The second-order valence-corrected chi connectivity index (χ2v) is 3.94. The van der Waals surface area contributed by atoms with Crippen LogP contribution < -0.4 is 10.7 Å². The maximum absolute atomic E-state index is 11.4. The van der Waals surface area contributed by atoms with E-state index < -0.39 is 0 Å². The van der Waals surface area contributed by atoms with Gasteiger partial charge in [0.1, 0.15) is 0 Å².